The van der Waals surface area contributed by atoms with E-state index in [1.54, 1.807) is 6.07 Å². The molecule has 0 fully saturated rings. The molecule has 2 N–H and O–H groups in total. The molecule has 5 heteroatoms. The summed E-state index contributed by atoms with van der Waals surface area (Å²) in [4.78, 5) is 0. The van der Waals surface area contributed by atoms with Crippen molar-refractivity contribution in [1.29, 1.82) is 0 Å². The van der Waals surface area contributed by atoms with E-state index in [-0.39, 0.29) is 12.1 Å². The van der Waals surface area contributed by atoms with Crippen molar-refractivity contribution in [3.05, 3.63) is 33.8 Å². The smallest absolute Gasteiger partial charge is 0.326 e. The second-order valence-corrected chi connectivity index (χ2v) is 3.78. The van der Waals surface area contributed by atoms with Crippen molar-refractivity contribution < 1.29 is 13.2 Å². The molecule has 1 aromatic carbocycles. The van der Waals surface area contributed by atoms with Crippen molar-refractivity contribution in [2.45, 2.75) is 19.1 Å². The minimum absolute atomic E-state index is 0.228. The van der Waals surface area contributed by atoms with Gasteiger partial charge in [0.1, 0.15) is 0 Å². The fourth-order valence-electron chi connectivity index (χ4n) is 1.13. The van der Waals surface area contributed by atoms with Gasteiger partial charge in [-0.1, -0.05) is 28.1 Å². The van der Waals surface area contributed by atoms with Gasteiger partial charge >= 0.3 is 6.18 Å². The molecular formula is C9H9BrF3N. The monoisotopic (exact) mass is 267 g/mol. The summed E-state index contributed by atoms with van der Waals surface area (Å²) in [5.41, 5.74) is 6.30. The zero-order chi connectivity index (χ0) is 10.8. The number of benzene rings is 1. The van der Waals surface area contributed by atoms with E-state index >= 15 is 0 Å². The average Bonchev–Trinajstić information content (AvgIpc) is 2.06. The van der Waals surface area contributed by atoms with Crippen LogP contribution in [0.25, 0.3) is 0 Å². The Hall–Kier alpha value is -0.550. The summed E-state index contributed by atoms with van der Waals surface area (Å²) in [5.74, 6) is 0. The molecule has 0 saturated heterocycles. The first-order chi connectivity index (χ1) is 6.42. The highest BCUT2D eigenvalue weighted by Crippen LogP contribution is 2.24. The molecule has 0 radical (unpaired) electrons. The maximum Gasteiger partial charge on any atom is 0.393 e. The van der Waals surface area contributed by atoms with Gasteiger partial charge in [0.15, 0.2) is 0 Å². The highest BCUT2D eigenvalue weighted by Gasteiger charge is 2.27. The number of rotatable bonds is 2. The SMILES string of the molecule is NCc1cc(CC(F)(F)F)ccc1Br. The van der Waals surface area contributed by atoms with Crippen molar-refractivity contribution in [2.24, 2.45) is 5.73 Å². The number of nitrogens with two attached hydrogens (primary N) is 1. The predicted octanol–water partition coefficient (Wildman–Crippen LogP) is 3.01. The number of hydrogen-bond acceptors (Lipinski definition) is 1. The molecule has 0 spiro atoms. The number of alkyl halides is 3. The average molecular weight is 268 g/mol. The topological polar surface area (TPSA) is 26.0 Å². The van der Waals surface area contributed by atoms with Crippen LogP contribution in [-0.4, -0.2) is 6.18 Å². The molecule has 1 rings (SSSR count). The number of halogens is 4. The van der Waals surface area contributed by atoms with E-state index in [0.29, 0.717) is 5.56 Å². The third kappa shape index (κ3) is 3.31. The molecule has 0 unspecified atom stereocenters. The summed E-state index contributed by atoms with van der Waals surface area (Å²) >= 11 is 3.21. The third-order valence-corrected chi connectivity index (χ3v) is 2.51. The zero-order valence-corrected chi connectivity index (χ0v) is 8.82. The van der Waals surface area contributed by atoms with Gasteiger partial charge in [0.05, 0.1) is 6.42 Å². The molecule has 14 heavy (non-hydrogen) atoms. The molecule has 78 valence electrons. The first-order valence-corrected chi connectivity index (χ1v) is 4.76. The second-order valence-electron chi connectivity index (χ2n) is 2.92. The molecule has 1 aromatic rings. The normalized spacial score (nSPS) is 11.8. The van der Waals surface area contributed by atoms with Crippen LogP contribution in [0, 0.1) is 0 Å². The molecule has 0 aromatic heterocycles. The fourth-order valence-corrected chi connectivity index (χ4v) is 1.53. The Morgan fingerprint density at radius 3 is 2.43 bits per heavy atom. The Morgan fingerprint density at radius 2 is 1.93 bits per heavy atom. The van der Waals surface area contributed by atoms with Crippen LogP contribution in [0.4, 0.5) is 13.2 Å². The molecule has 0 aliphatic rings. The lowest BCUT2D eigenvalue weighted by molar-refractivity contribution is -0.127. The first-order valence-electron chi connectivity index (χ1n) is 3.96. The van der Waals surface area contributed by atoms with Gasteiger partial charge in [-0.15, -0.1) is 0 Å². The maximum atomic E-state index is 12.0. The highest BCUT2D eigenvalue weighted by molar-refractivity contribution is 9.10. The van der Waals surface area contributed by atoms with Gasteiger partial charge in [0, 0.05) is 11.0 Å². The van der Waals surface area contributed by atoms with Crippen molar-refractivity contribution in [2.75, 3.05) is 0 Å². The molecular weight excluding hydrogens is 259 g/mol. The van der Waals surface area contributed by atoms with Crippen LogP contribution >= 0.6 is 15.9 Å². The Balaban J connectivity index is 2.90. The number of hydrogen-bond donors (Lipinski definition) is 1. The van der Waals surface area contributed by atoms with Crippen LogP contribution in [0.1, 0.15) is 11.1 Å². The van der Waals surface area contributed by atoms with Crippen molar-refractivity contribution in [1.82, 2.24) is 0 Å². The second kappa shape index (κ2) is 4.31. The molecule has 1 nitrogen and oxygen atoms in total. The van der Waals surface area contributed by atoms with Gasteiger partial charge in [0.2, 0.25) is 0 Å². The van der Waals surface area contributed by atoms with E-state index in [2.05, 4.69) is 15.9 Å². The van der Waals surface area contributed by atoms with E-state index in [4.69, 9.17) is 5.73 Å². The standard InChI is InChI=1S/C9H9BrF3N/c10-8-2-1-6(3-7(8)5-14)4-9(11,12)13/h1-3H,4-5,14H2. The molecule has 0 aliphatic heterocycles. The van der Waals surface area contributed by atoms with Gasteiger partial charge in [-0.3, -0.25) is 0 Å². The van der Waals surface area contributed by atoms with Crippen LogP contribution in [0.15, 0.2) is 22.7 Å². The highest BCUT2D eigenvalue weighted by atomic mass is 79.9. The largest absolute Gasteiger partial charge is 0.393 e. The van der Waals surface area contributed by atoms with E-state index in [0.717, 1.165) is 4.47 Å². The first kappa shape index (κ1) is 11.5. The molecule has 0 aliphatic carbocycles. The van der Waals surface area contributed by atoms with Gasteiger partial charge < -0.3 is 5.73 Å². The Labute approximate surface area is 88.2 Å². The Bertz CT molecular complexity index is 322. The van der Waals surface area contributed by atoms with Gasteiger partial charge in [-0.25, -0.2) is 0 Å². The summed E-state index contributed by atoms with van der Waals surface area (Å²) in [6, 6.07) is 4.50. The van der Waals surface area contributed by atoms with Crippen LogP contribution in [-0.2, 0) is 13.0 Å². The van der Waals surface area contributed by atoms with Crippen molar-refractivity contribution in [3.8, 4) is 0 Å². The van der Waals surface area contributed by atoms with E-state index in [1.165, 1.54) is 12.1 Å². The maximum absolute atomic E-state index is 12.0. The van der Waals surface area contributed by atoms with Crippen molar-refractivity contribution in [3.63, 3.8) is 0 Å². The quantitative estimate of drug-likeness (QED) is 0.876. The zero-order valence-electron chi connectivity index (χ0n) is 7.24. The molecule has 0 heterocycles. The molecule has 0 amide bonds. The van der Waals surface area contributed by atoms with Gasteiger partial charge in [0.25, 0.3) is 0 Å². The summed E-state index contributed by atoms with van der Waals surface area (Å²) in [7, 11) is 0. The van der Waals surface area contributed by atoms with E-state index < -0.39 is 12.6 Å². The fraction of sp³-hybridized carbons (Fsp3) is 0.333. The third-order valence-electron chi connectivity index (χ3n) is 1.73. The van der Waals surface area contributed by atoms with Gasteiger partial charge in [-0.2, -0.15) is 13.2 Å². The summed E-state index contributed by atoms with van der Waals surface area (Å²) in [6.07, 6.45) is -5.08. The molecule has 0 atom stereocenters. The lowest BCUT2D eigenvalue weighted by Gasteiger charge is -2.08. The molecule has 0 bridgehead atoms. The molecule has 0 saturated carbocycles. The lowest BCUT2D eigenvalue weighted by Crippen LogP contribution is -2.12. The minimum atomic E-state index is -4.17. The summed E-state index contributed by atoms with van der Waals surface area (Å²) in [6.45, 7) is 0.228. The Kier molecular flexibility index (Phi) is 3.55. The summed E-state index contributed by atoms with van der Waals surface area (Å²) < 4.78 is 36.8. The van der Waals surface area contributed by atoms with Crippen LogP contribution in [0.5, 0.6) is 0 Å². The minimum Gasteiger partial charge on any atom is -0.326 e. The lowest BCUT2D eigenvalue weighted by atomic mass is 10.1. The predicted molar refractivity (Wildman–Crippen MR) is 51.8 cm³/mol. The van der Waals surface area contributed by atoms with E-state index in [1.807, 2.05) is 0 Å². The van der Waals surface area contributed by atoms with E-state index in [9.17, 15) is 13.2 Å². The van der Waals surface area contributed by atoms with Crippen LogP contribution < -0.4 is 5.73 Å². The summed E-state index contributed by atoms with van der Waals surface area (Å²) in [5, 5.41) is 0. The Morgan fingerprint density at radius 1 is 1.29 bits per heavy atom. The van der Waals surface area contributed by atoms with Gasteiger partial charge in [-0.05, 0) is 17.2 Å². The van der Waals surface area contributed by atoms with Crippen molar-refractivity contribution >= 4 is 15.9 Å². The van der Waals surface area contributed by atoms with Crippen LogP contribution in [0.2, 0.25) is 0 Å². The van der Waals surface area contributed by atoms with Crippen LogP contribution in [0.3, 0.4) is 0 Å².